The Morgan fingerprint density at radius 1 is 1.50 bits per heavy atom. The largest absolute Gasteiger partial charge is 0.480 e. The van der Waals surface area contributed by atoms with Crippen LogP contribution < -0.4 is 11.1 Å². The van der Waals surface area contributed by atoms with Gasteiger partial charge in [-0.05, 0) is 20.8 Å². The SMILES string of the molecule is C[C@H](NC(=O)[C@@H](N)C(C)(C)S)C(=O)O. The Labute approximate surface area is 88.5 Å². The summed E-state index contributed by atoms with van der Waals surface area (Å²) < 4.78 is -0.678. The Kier molecular flexibility index (Phi) is 4.41. The van der Waals surface area contributed by atoms with Crippen molar-refractivity contribution in [2.75, 3.05) is 0 Å². The summed E-state index contributed by atoms with van der Waals surface area (Å²) in [6, 6.07) is -1.78. The van der Waals surface area contributed by atoms with E-state index in [1.165, 1.54) is 6.92 Å². The zero-order valence-corrected chi connectivity index (χ0v) is 9.34. The molecular formula is C8H16N2O3S. The van der Waals surface area contributed by atoms with E-state index in [1.54, 1.807) is 13.8 Å². The van der Waals surface area contributed by atoms with E-state index in [4.69, 9.17) is 10.8 Å². The summed E-state index contributed by atoms with van der Waals surface area (Å²) in [5.41, 5.74) is 5.56. The molecule has 0 aromatic heterocycles. The maximum atomic E-state index is 11.4. The quantitative estimate of drug-likeness (QED) is 0.486. The topological polar surface area (TPSA) is 92.4 Å². The van der Waals surface area contributed by atoms with Crippen LogP contribution in [0.5, 0.6) is 0 Å². The molecule has 1 amide bonds. The van der Waals surface area contributed by atoms with Crippen molar-refractivity contribution in [3.8, 4) is 0 Å². The number of hydrogen-bond donors (Lipinski definition) is 4. The fraction of sp³-hybridized carbons (Fsp3) is 0.750. The van der Waals surface area contributed by atoms with Gasteiger partial charge in [0, 0.05) is 4.75 Å². The number of amides is 1. The number of carbonyl (C=O) groups excluding carboxylic acids is 1. The molecule has 0 heterocycles. The van der Waals surface area contributed by atoms with Crippen LogP contribution in [-0.2, 0) is 9.59 Å². The highest BCUT2D eigenvalue weighted by Gasteiger charge is 2.30. The number of carboxylic acids is 1. The third-order valence-electron chi connectivity index (χ3n) is 1.77. The van der Waals surface area contributed by atoms with Gasteiger partial charge in [0.2, 0.25) is 5.91 Å². The van der Waals surface area contributed by atoms with Crippen molar-refractivity contribution < 1.29 is 14.7 Å². The van der Waals surface area contributed by atoms with Crippen LogP contribution in [0.4, 0.5) is 0 Å². The third kappa shape index (κ3) is 3.97. The Hall–Kier alpha value is -0.750. The summed E-state index contributed by atoms with van der Waals surface area (Å²) in [6.45, 7) is 4.75. The lowest BCUT2D eigenvalue weighted by atomic mass is 10.0. The van der Waals surface area contributed by atoms with Crippen molar-refractivity contribution in [2.45, 2.75) is 37.6 Å². The van der Waals surface area contributed by atoms with Gasteiger partial charge in [0.15, 0.2) is 0 Å². The zero-order chi connectivity index (χ0) is 11.5. The van der Waals surface area contributed by atoms with Crippen molar-refractivity contribution in [3.05, 3.63) is 0 Å². The molecule has 4 N–H and O–H groups in total. The van der Waals surface area contributed by atoms with Crippen molar-refractivity contribution in [3.63, 3.8) is 0 Å². The lowest BCUT2D eigenvalue weighted by Crippen LogP contribution is -2.54. The molecule has 6 heteroatoms. The molecule has 0 aromatic rings. The highest BCUT2D eigenvalue weighted by Crippen LogP contribution is 2.15. The van der Waals surface area contributed by atoms with E-state index in [-0.39, 0.29) is 0 Å². The minimum Gasteiger partial charge on any atom is -0.480 e. The van der Waals surface area contributed by atoms with E-state index in [2.05, 4.69) is 17.9 Å². The molecule has 82 valence electrons. The van der Waals surface area contributed by atoms with E-state index in [9.17, 15) is 9.59 Å². The number of nitrogens with one attached hydrogen (secondary N) is 1. The predicted molar refractivity (Wildman–Crippen MR) is 56.3 cm³/mol. The number of carboxylic acid groups (broad SMARTS) is 1. The Morgan fingerprint density at radius 2 is 1.93 bits per heavy atom. The van der Waals surface area contributed by atoms with Gasteiger partial charge in [-0.15, -0.1) is 0 Å². The summed E-state index contributed by atoms with van der Waals surface area (Å²) >= 11 is 4.13. The average molecular weight is 220 g/mol. The maximum absolute atomic E-state index is 11.4. The van der Waals surface area contributed by atoms with E-state index in [0.717, 1.165) is 0 Å². The minimum atomic E-state index is -1.09. The van der Waals surface area contributed by atoms with Crippen LogP contribution in [0.2, 0.25) is 0 Å². The van der Waals surface area contributed by atoms with Gasteiger partial charge in [-0.2, -0.15) is 12.6 Å². The highest BCUT2D eigenvalue weighted by molar-refractivity contribution is 7.81. The molecule has 0 saturated heterocycles. The Morgan fingerprint density at radius 3 is 2.21 bits per heavy atom. The number of thiol groups is 1. The first-order valence-electron chi connectivity index (χ1n) is 4.17. The molecule has 0 aliphatic rings. The van der Waals surface area contributed by atoms with Crippen LogP contribution in [-0.4, -0.2) is 33.8 Å². The Bertz CT molecular complexity index is 237. The van der Waals surface area contributed by atoms with Crippen molar-refractivity contribution in [1.82, 2.24) is 5.32 Å². The molecular weight excluding hydrogens is 204 g/mol. The predicted octanol–water partition coefficient (Wildman–Crippen LogP) is -0.389. The molecule has 14 heavy (non-hydrogen) atoms. The second kappa shape index (κ2) is 4.65. The van der Waals surface area contributed by atoms with Gasteiger partial charge in [-0.1, -0.05) is 0 Å². The van der Waals surface area contributed by atoms with Gasteiger partial charge in [0.05, 0.1) is 6.04 Å². The zero-order valence-electron chi connectivity index (χ0n) is 8.44. The lowest BCUT2D eigenvalue weighted by Gasteiger charge is -2.25. The van der Waals surface area contributed by atoms with Crippen LogP contribution in [0.25, 0.3) is 0 Å². The van der Waals surface area contributed by atoms with Gasteiger partial charge < -0.3 is 16.2 Å². The van der Waals surface area contributed by atoms with Crippen LogP contribution in [0.1, 0.15) is 20.8 Å². The third-order valence-corrected chi connectivity index (χ3v) is 2.05. The first-order valence-corrected chi connectivity index (χ1v) is 4.62. The number of hydrogen-bond acceptors (Lipinski definition) is 4. The van der Waals surface area contributed by atoms with Crippen LogP contribution in [0.15, 0.2) is 0 Å². The molecule has 0 spiro atoms. The molecule has 0 bridgehead atoms. The fourth-order valence-corrected chi connectivity index (χ4v) is 0.803. The van der Waals surface area contributed by atoms with Gasteiger partial charge in [0.1, 0.15) is 6.04 Å². The second-order valence-corrected chi connectivity index (χ2v) is 4.85. The number of aliphatic carboxylic acids is 1. The normalized spacial score (nSPS) is 15.8. The fourth-order valence-electron chi connectivity index (χ4n) is 0.686. The summed E-state index contributed by atoms with van der Waals surface area (Å²) in [5, 5.41) is 10.8. The molecule has 0 aliphatic carbocycles. The minimum absolute atomic E-state index is 0.514. The monoisotopic (exact) mass is 220 g/mol. The first kappa shape index (κ1) is 13.2. The molecule has 0 aromatic carbocycles. The van der Waals surface area contributed by atoms with Crippen molar-refractivity contribution in [2.24, 2.45) is 5.73 Å². The van der Waals surface area contributed by atoms with E-state index < -0.39 is 28.7 Å². The van der Waals surface area contributed by atoms with Gasteiger partial charge in [-0.25, -0.2) is 0 Å². The molecule has 0 saturated carbocycles. The number of carbonyl (C=O) groups is 2. The van der Waals surface area contributed by atoms with E-state index in [1.807, 2.05) is 0 Å². The average Bonchev–Trinajstić information content (AvgIpc) is 2.00. The van der Waals surface area contributed by atoms with Crippen LogP contribution in [0.3, 0.4) is 0 Å². The van der Waals surface area contributed by atoms with E-state index in [0.29, 0.717) is 0 Å². The summed E-state index contributed by atoms with van der Waals surface area (Å²) in [5.74, 6) is -1.61. The summed E-state index contributed by atoms with van der Waals surface area (Å²) in [6.07, 6.45) is 0. The summed E-state index contributed by atoms with van der Waals surface area (Å²) in [4.78, 5) is 21.8. The van der Waals surface area contributed by atoms with Crippen LogP contribution in [0, 0.1) is 0 Å². The number of rotatable bonds is 4. The van der Waals surface area contributed by atoms with Gasteiger partial charge in [0.25, 0.3) is 0 Å². The standard InChI is InChI=1S/C8H16N2O3S/c1-4(7(12)13)10-6(11)5(9)8(2,3)14/h4-5,14H,9H2,1-3H3,(H,10,11)(H,12,13)/t4-,5+/m0/s1. The molecule has 2 atom stereocenters. The molecule has 0 unspecified atom stereocenters. The molecule has 0 rings (SSSR count). The number of nitrogens with two attached hydrogens (primary N) is 1. The van der Waals surface area contributed by atoms with Gasteiger partial charge in [-0.3, -0.25) is 9.59 Å². The second-order valence-electron chi connectivity index (χ2n) is 3.70. The molecule has 0 fully saturated rings. The van der Waals surface area contributed by atoms with Gasteiger partial charge >= 0.3 is 5.97 Å². The summed E-state index contributed by atoms with van der Waals surface area (Å²) in [7, 11) is 0. The highest BCUT2D eigenvalue weighted by atomic mass is 32.1. The van der Waals surface area contributed by atoms with Crippen molar-refractivity contribution >= 4 is 24.5 Å². The molecule has 0 aliphatic heterocycles. The molecule has 0 radical (unpaired) electrons. The molecule has 5 nitrogen and oxygen atoms in total. The Balaban J connectivity index is 4.29. The van der Waals surface area contributed by atoms with Crippen molar-refractivity contribution in [1.29, 1.82) is 0 Å². The lowest BCUT2D eigenvalue weighted by molar-refractivity contribution is -0.141. The van der Waals surface area contributed by atoms with E-state index >= 15 is 0 Å². The first-order chi connectivity index (χ1) is 6.16. The van der Waals surface area contributed by atoms with Crippen LogP contribution >= 0.6 is 12.6 Å². The smallest absolute Gasteiger partial charge is 0.325 e. The maximum Gasteiger partial charge on any atom is 0.325 e.